The lowest BCUT2D eigenvalue weighted by Crippen LogP contribution is -2.36. The Balaban J connectivity index is 1.83. The van der Waals surface area contributed by atoms with Gasteiger partial charge in [-0.1, -0.05) is 13.8 Å². The van der Waals surface area contributed by atoms with Gasteiger partial charge in [-0.15, -0.1) is 0 Å². The molecule has 0 radical (unpaired) electrons. The third kappa shape index (κ3) is 3.25. The molecule has 2 aromatic rings. The fraction of sp³-hybridized carbons (Fsp3) is 0.647. The van der Waals surface area contributed by atoms with Gasteiger partial charge in [0.1, 0.15) is 10.7 Å². The molecule has 7 nitrogen and oxygen atoms in total. The molecule has 0 saturated carbocycles. The lowest BCUT2D eigenvalue weighted by Gasteiger charge is -2.28. The van der Waals surface area contributed by atoms with Gasteiger partial charge in [-0.25, -0.2) is 17.7 Å². The maximum absolute atomic E-state index is 13.2. The van der Waals surface area contributed by atoms with Crippen LogP contribution < -0.4 is 0 Å². The van der Waals surface area contributed by atoms with Crippen LogP contribution in [0.25, 0.3) is 0 Å². The molecule has 1 unspecified atom stereocenters. The van der Waals surface area contributed by atoms with Crippen molar-refractivity contribution in [3.05, 3.63) is 29.6 Å². The lowest BCUT2D eigenvalue weighted by atomic mass is 10.00. The molecule has 8 heteroatoms. The van der Waals surface area contributed by atoms with Crippen molar-refractivity contribution in [3.63, 3.8) is 0 Å². The molecule has 138 valence electrons. The summed E-state index contributed by atoms with van der Waals surface area (Å²) in [4.78, 5) is 4.74. The first-order chi connectivity index (χ1) is 11.9. The fourth-order valence-corrected chi connectivity index (χ4v) is 5.50. The average Bonchev–Trinajstić information content (AvgIpc) is 3.17. The van der Waals surface area contributed by atoms with E-state index in [1.165, 1.54) is 4.31 Å². The van der Waals surface area contributed by atoms with Crippen molar-refractivity contribution >= 4 is 10.0 Å². The van der Waals surface area contributed by atoms with E-state index in [2.05, 4.69) is 14.6 Å². The number of hydrogen-bond acceptors (Lipinski definition) is 4. The molecule has 1 aliphatic heterocycles. The molecule has 0 aliphatic carbocycles. The van der Waals surface area contributed by atoms with Crippen molar-refractivity contribution in [3.8, 4) is 0 Å². The second-order valence-corrected chi connectivity index (χ2v) is 8.72. The van der Waals surface area contributed by atoms with Crippen molar-refractivity contribution in [2.75, 3.05) is 13.6 Å². The van der Waals surface area contributed by atoms with Crippen LogP contribution in [-0.4, -0.2) is 45.6 Å². The molecule has 0 aromatic carbocycles. The molecule has 3 heterocycles. The molecule has 0 fully saturated rings. The van der Waals surface area contributed by atoms with E-state index in [1.54, 1.807) is 11.7 Å². The third-order valence-corrected chi connectivity index (χ3v) is 7.03. The Hall–Kier alpha value is -1.67. The average molecular weight is 366 g/mol. The molecular formula is C17H27N5O2S. The van der Waals surface area contributed by atoms with E-state index < -0.39 is 10.0 Å². The summed E-state index contributed by atoms with van der Waals surface area (Å²) < 4.78 is 31.8. The molecule has 0 bridgehead atoms. The first kappa shape index (κ1) is 18.1. The summed E-state index contributed by atoms with van der Waals surface area (Å²) in [5.41, 5.74) is 1.44. The van der Waals surface area contributed by atoms with Gasteiger partial charge in [-0.3, -0.25) is 4.68 Å². The number of nitrogens with zero attached hydrogens (tertiary/aromatic N) is 5. The van der Waals surface area contributed by atoms with Crippen molar-refractivity contribution in [2.45, 2.75) is 51.0 Å². The molecule has 1 aliphatic rings. The van der Waals surface area contributed by atoms with Crippen LogP contribution in [0.3, 0.4) is 0 Å². The minimum absolute atomic E-state index is 0.299. The van der Waals surface area contributed by atoms with E-state index in [-0.39, 0.29) is 0 Å². The standard InChI is InChI=1S/C17H27N5O2S/c1-5-14-17(15(6-2)21(4)19-14)25(23,24)20(3)11-13-7-8-16-18-9-10-22(16)12-13/h9-10,13H,5-8,11-12H2,1-4H3. The predicted molar refractivity (Wildman–Crippen MR) is 95.8 cm³/mol. The zero-order valence-corrected chi connectivity index (χ0v) is 16.3. The van der Waals surface area contributed by atoms with E-state index in [9.17, 15) is 8.42 Å². The summed E-state index contributed by atoms with van der Waals surface area (Å²) in [5.74, 6) is 1.39. The van der Waals surface area contributed by atoms with E-state index in [0.29, 0.717) is 35.9 Å². The Morgan fingerprint density at radius 3 is 2.76 bits per heavy atom. The van der Waals surface area contributed by atoms with Crippen LogP contribution >= 0.6 is 0 Å². The van der Waals surface area contributed by atoms with Gasteiger partial charge in [0.15, 0.2) is 0 Å². The van der Waals surface area contributed by atoms with Crippen LogP contribution in [0, 0.1) is 5.92 Å². The first-order valence-corrected chi connectivity index (χ1v) is 10.3. The zero-order valence-electron chi connectivity index (χ0n) is 15.4. The lowest BCUT2D eigenvalue weighted by molar-refractivity contribution is 0.303. The Bertz CT molecular complexity index is 853. The first-order valence-electron chi connectivity index (χ1n) is 8.89. The topological polar surface area (TPSA) is 73.0 Å². The Morgan fingerprint density at radius 1 is 1.32 bits per heavy atom. The summed E-state index contributed by atoms with van der Waals surface area (Å²) in [7, 11) is -0.0386. The quantitative estimate of drug-likeness (QED) is 0.780. The third-order valence-electron chi connectivity index (χ3n) is 5.07. The highest BCUT2D eigenvalue weighted by molar-refractivity contribution is 7.89. The second kappa shape index (κ2) is 6.92. The SMILES string of the molecule is CCc1nn(C)c(CC)c1S(=O)(=O)N(C)CC1CCc2nccn2C1. The number of aromatic nitrogens is 4. The van der Waals surface area contributed by atoms with E-state index in [4.69, 9.17) is 0 Å². The number of aryl methyl sites for hydroxylation is 3. The zero-order chi connectivity index (χ0) is 18.2. The van der Waals surface area contributed by atoms with Gasteiger partial charge in [0.05, 0.1) is 11.4 Å². The smallest absolute Gasteiger partial charge is 0.246 e. The normalized spacial score (nSPS) is 17.9. The number of rotatable bonds is 6. The molecule has 0 N–H and O–H groups in total. The van der Waals surface area contributed by atoms with E-state index in [1.807, 2.05) is 33.3 Å². The molecule has 3 rings (SSSR count). The largest absolute Gasteiger partial charge is 0.335 e. The number of imidazole rings is 1. The fourth-order valence-electron chi connectivity index (χ4n) is 3.72. The maximum Gasteiger partial charge on any atom is 0.246 e. The Kier molecular flexibility index (Phi) is 5.02. The second-order valence-electron chi connectivity index (χ2n) is 6.74. The van der Waals surface area contributed by atoms with Gasteiger partial charge in [0.25, 0.3) is 0 Å². The molecule has 25 heavy (non-hydrogen) atoms. The monoisotopic (exact) mass is 365 g/mol. The van der Waals surface area contributed by atoms with Gasteiger partial charge in [-0.2, -0.15) is 5.10 Å². The molecule has 0 amide bonds. The van der Waals surface area contributed by atoms with E-state index >= 15 is 0 Å². The molecular weight excluding hydrogens is 338 g/mol. The van der Waals surface area contributed by atoms with Crippen LogP contribution in [0.5, 0.6) is 0 Å². The van der Waals surface area contributed by atoms with Gasteiger partial charge >= 0.3 is 0 Å². The van der Waals surface area contributed by atoms with Gasteiger partial charge in [0.2, 0.25) is 10.0 Å². The molecule has 1 atom stereocenters. The summed E-state index contributed by atoms with van der Waals surface area (Å²) in [6.45, 7) is 5.25. The Labute approximate surface area is 149 Å². The van der Waals surface area contributed by atoms with Crippen molar-refractivity contribution in [1.82, 2.24) is 23.6 Å². The summed E-state index contributed by atoms with van der Waals surface area (Å²) in [6.07, 6.45) is 6.91. The molecule has 0 saturated heterocycles. The van der Waals surface area contributed by atoms with Crippen molar-refractivity contribution in [2.24, 2.45) is 13.0 Å². The highest BCUT2D eigenvalue weighted by Gasteiger charge is 2.32. The molecule has 0 spiro atoms. The Morgan fingerprint density at radius 2 is 2.08 bits per heavy atom. The van der Waals surface area contributed by atoms with Crippen LogP contribution in [0.15, 0.2) is 17.3 Å². The minimum Gasteiger partial charge on any atom is -0.335 e. The summed E-state index contributed by atoms with van der Waals surface area (Å²) in [6, 6.07) is 0. The predicted octanol–water partition coefficient (Wildman–Crippen LogP) is 1.62. The molecule has 2 aromatic heterocycles. The van der Waals surface area contributed by atoms with Crippen LogP contribution in [0.1, 0.15) is 37.5 Å². The highest BCUT2D eigenvalue weighted by Crippen LogP contribution is 2.27. The van der Waals surface area contributed by atoms with Gasteiger partial charge in [-0.05, 0) is 25.2 Å². The van der Waals surface area contributed by atoms with Gasteiger partial charge < -0.3 is 4.57 Å². The van der Waals surface area contributed by atoms with Crippen LogP contribution in [-0.2, 0) is 42.9 Å². The number of fused-ring (bicyclic) bond motifs is 1. The minimum atomic E-state index is -3.54. The van der Waals surface area contributed by atoms with Crippen molar-refractivity contribution in [1.29, 1.82) is 0 Å². The maximum atomic E-state index is 13.2. The highest BCUT2D eigenvalue weighted by atomic mass is 32.2. The van der Waals surface area contributed by atoms with Gasteiger partial charge in [0, 0.05) is 46.0 Å². The summed E-state index contributed by atoms with van der Waals surface area (Å²) >= 11 is 0. The van der Waals surface area contributed by atoms with E-state index in [0.717, 1.165) is 30.9 Å². The van der Waals surface area contributed by atoms with Crippen molar-refractivity contribution < 1.29 is 8.42 Å². The van der Waals surface area contributed by atoms with Crippen LogP contribution in [0.2, 0.25) is 0 Å². The summed E-state index contributed by atoms with van der Waals surface area (Å²) in [5, 5.41) is 4.42. The number of hydrogen-bond donors (Lipinski definition) is 0. The van der Waals surface area contributed by atoms with Crippen LogP contribution in [0.4, 0.5) is 0 Å². The number of sulfonamides is 1.